The quantitative estimate of drug-likeness (QED) is 0.843. The van der Waals surface area contributed by atoms with Crippen molar-refractivity contribution in [3.63, 3.8) is 0 Å². The van der Waals surface area contributed by atoms with Crippen molar-refractivity contribution in [3.05, 3.63) is 65.5 Å². The van der Waals surface area contributed by atoms with Gasteiger partial charge in [-0.05, 0) is 61.2 Å². The minimum absolute atomic E-state index is 0.0810. The zero-order valence-corrected chi connectivity index (χ0v) is 14.1. The zero-order valence-electron chi connectivity index (χ0n) is 14.1. The standard InChI is InChI=1S/C20H21FN2O2/c1-2-13-22-19(25)20(11-12-20)15-5-9-17(10-6-15)23-18(24)14-3-7-16(21)8-4-14/h3-10H,2,11-13H2,1H3,(H,22,25)(H,23,24). The highest BCUT2D eigenvalue weighted by molar-refractivity contribution is 6.04. The van der Waals surface area contributed by atoms with E-state index in [1.165, 1.54) is 24.3 Å². The molecule has 0 unspecified atom stereocenters. The third-order valence-electron chi connectivity index (χ3n) is 4.52. The van der Waals surface area contributed by atoms with Crippen LogP contribution in [-0.4, -0.2) is 18.4 Å². The number of amides is 2. The first-order chi connectivity index (χ1) is 12.0. The van der Waals surface area contributed by atoms with Crippen LogP contribution in [0.5, 0.6) is 0 Å². The summed E-state index contributed by atoms with van der Waals surface area (Å²) >= 11 is 0. The Balaban J connectivity index is 1.67. The predicted molar refractivity (Wildman–Crippen MR) is 95.0 cm³/mol. The van der Waals surface area contributed by atoms with Gasteiger partial charge in [0, 0.05) is 17.8 Å². The fourth-order valence-electron chi connectivity index (χ4n) is 2.86. The van der Waals surface area contributed by atoms with Crippen molar-refractivity contribution in [2.24, 2.45) is 0 Å². The van der Waals surface area contributed by atoms with E-state index in [1.807, 2.05) is 19.1 Å². The molecule has 0 spiro atoms. The van der Waals surface area contributed by atoms with E-state index in [1.54, 1.807) is 12.1 Å². The zero-order chi connectivity index (χ0) is 17.9. The molecule has 1 fully saturated rings. The Kier molecular flexibility index (Phi) is 4.83. The number of halogens is 1. The molecule has 0 aliphatic heterocycles. The van der Waals surface area contributed by atoms with Gasteiger partial charge in [-0.1, -0.05) is 19.1 Å². The summed E-state index contributed by atoms with van der Waals surface area (Å²) in [5.41, 5.74) is 1.60. The van der Waals surface area contributed by atoms with E-state index in [9.17, 15) is 14.0 Å². The lowest BCUT2D eigenvalue weighted by Gasteiger charge is -2.16. The minimum Gasteiger partial charge on any atom is -0.355 e. The third kappa shape index (κ3) is 3.71. The van der Waals surface area contributed by atoms with Gasteiger partial charge in [-0.25, -0.2) is 4.39 Å². The molecule has 0 heterocycles. The molecule has 2 N–H and O–H groups in total. The van der Waals surface area contributed by atoms with E-state index >= 15 is 0 Å². The summed E-state index contributed by atoms with van der Waals surface area (Å²) in [6.07, 6.45) is 2.61. The lowest BCUT2D eigenvalue weighted by Crippen LogP contribution is -2.35. The Morgan fingerprint density at radius 2 is 1.68 bits per heavy atom. The number of carbonyl (C=O) groups excluding carboxylic acids is 2. The highest BCUT2D eigenvalue weighted by Gasteiger charge is 2.50. The normalized spacial score (nSPS) is 14.6. The largest absolute Gasteiger partial charge is 0.355 e. The molecule has 0 radical (unpaired) electrons. The maximum atomic E-state index is 12.9. The molecule has 0 bridgehead atoms. The number of benzene rings is 2. The molecule has 25 heavy (non-hydrogen) atoms. The predicted octanol–water partition coefficient (Wildman–Crippen LogP) is 3.64. The van der Waals surface area contributed by atoms with E-state index in [-0.39, 0.29) is 17.6 Å². The molecule has 1 aliphatic carbocycles. The van der Waals surface area contributed by atoms with Gasteiger partial charge in [0.2, 0.25) is 5.91 Å². The van der Waals surface area contributed by atoms with Gasteiger partial charge in [0.25, 0.3) is 5.91 Å². The van der Waals surface area contributed by atoms with Crippen molar-refractivity contribution in [2.45, 2.75) is 31.6 Å². The lowest BCUT2D eigenvalue weighted by atomic mass is 9.94. The molecule has 3 rings (SSSR count). The monoisotopic (exact) mass is 340 g/mol. The number of carbonyl (C=O) groups is 2. The molecular weight excluding hydrogens is 319 g/mol. The second kappa shape index (κ2) is 7.05. The van der Waals surface area contributed by atoms with Crippen molar-refractivity contribution in [1.82, 2.24) is 5.32 Å². The number of hydrogen-bond acceptors (Lipinski definition) is 2. The van der Waals surface area contributed by atoms with Gasteiger partial charge in [0.1, 0.15) is 5.82 Å². The Morgan fingerprint density at radius 3 is 2.24 bits per heavy atom. The summed E-state index contributed by atoms with van der Waals surface area (Å²) in [6, 6.07) is 12.8. The van der Waals surface area contributed by atoms with E-state index in [4.69, 9.17) is 0 Å². The Hall–Kier alpha value is -2.69. The van der Waals surface area contributed by atoms with Crippen molar-refractivity contribution in [2.75, 3.05) is 11.9 Å². The number of nitrogens with one attached hydrogen (secondary N) is 2. The molecule has 2 aromatic rings. The fraction of sp³-hybridized carbons (Fsp3) is 0.300. The first-order valence-corrected chi connectivity index (χ1v) is 8.51. The van der Waals surface area contributed by atoms with Crippen molar-refractivity contribution in [3.8, 4) is 0 Å². The summed E-state index contributed by atoms with van der Waals surface area (Å²) < 4.78 is 12.9. The van der Waals surface area contributed by atoms with E-state index in [0.717, 1.165) is 24.8 Å². The summed E-state index contributed by atoms with van der Waals surface area (Å²) in [7, 11) is 0. The van der Waals surface area contributed by atoms with Crippen LogP contribution in [0.3, 0.4) is 0 Å². The minimum atomic E-state index is -0.408. The van der Waals surface area contributed by atoms with Crippen LogP contribution in [0.15, 0.2) is 48.5 Å². The Morgan fingerprint density at radius 1 is 1.04 bits per heavy atom. The second-order valence-corrected chi connectivity index (χ2v) is 6.38. The van der Waals surface area contributed by atoms with Gasteiger partial charge in [0.15, 0.2) is 0 Å². The van der Waals surface area contributed by atoms with Crippen LogP contribution in [0.4, 0.5) is 10.1 Å². The molecule has 4 nitrogen and oxygen atoms in total. The first kappa shape index (κ1) is 17.1. The van der Waals surface area contributed by atoms with Crippen LogP contribution in [0.2, 0.25) is 0 Å². The average Bonchev–Trinajstić information content (AvgIpc) is 3.43. The highest BCUT2D eigenvalue weighted by Crippen LogP contribution is 2.48. The summed E-state index contributed by atoms with van der Waals surface area (Å²) in [6.45, 7) is 2.71. The molecule has 0 atom stereocenters. The van der Waals surface area contributed by atoms with Crippen molar-refractivity contribution >= 4 is 17.5 Å². The molecule has 0 saturated heterocycles. The SMILES string of the molecule is CCCNC(=O)C1(c2ccc(NC(=O)c3ccc(F)cc3)cc2)CC1. The van der Waals surface area contributed by atoms with Crippen LogP contribution in [0.1, 0.15) is 42.1 Å². The van der Waals surface area contributed by atoms with Crippen LogP contribution in [0.25, 0.3) is 0 Å². The highest BCUT2D eigenvalue weighted by atomic mass is 19.1. The summed E-state index contributed by atoms with van der Waals surface area (Å²) in [5, 5.41) is 5.75. The molecule has 2 amide bonds. The molecule has 130 valence electrons. The van der Waals surface area contributed by atoms with Crippen LogP contribution in [-0.2, 0) is 10.2 Å². The average molecular weight is 340 g/mol. The molecule has 2 aromatic carbocycles. The maximum Gasteiger partial charge on any atom is 0.255 e. The first-order valence-electron chi connectivity index (χ1n) is 8.51. The number of anilines is 1. The summed E-state index contributed by atoms with van der Waals surface area (Å²) in [4.78, 5) is 24.5. The van der Waals surface area contributed by atoms with Gasteiger partial charge >= 0.3 is 0 Å². The number of hydrogen-bond donors (Lipinski definition) is 2. The Bertz CT molecular complexity index is 765. The molecule has 5 heteroatoms. The molecule has 0 aromatic heterocycles. The molecule has 1 saturated carbocycles. The third-order valence-corrected chi connectivity index (χ3v) is 4.52. The topological polar surface area (TPSA) is 58.2 Å². The Labute approximate surface area is 146 Å². The van der Waals surface area contributed by atoms with Crippen molar-refractivity contribution < 1.29 is 14.0 Å². The second-order valence-electron chi connectivity index (χ2n) is 6.38. The van der Waals surface area contributed by atoms with Crippen LogP contribution < -0.4 is 10.6 Å². The molecular formula is C20H21FN2O2. The maximum absolute atomic E-state index is 12.9. The van der Waals surface area contributed by atoms with Crippen molar-refractivity contribution in [1.29, 1.82) is 0 Å². The number of rotatable bonds is 6. The van der Waals surface area contributed by atoms with Gasteiger partial charge < -0.3 is 10.6 Å². The smallest absolute Gasteiger partial charge is 0.255 e. The summed E-state index contributed by atoms with van der Waals surface area (Å²) in [5.74, 6) is -0.594. The lowest BCUT2D eigenvalue weighted by molar-refractivity contribution is -0.123. The van der Waals surface area contributed by atoms with Gasteiger partial charge in [-0.2, -0.15) is 0 Å². The van der Waals surface area contributed by atoms with E-state index in [2.05, 4.69) is 10.6 Å². The van der Waals surface area contributed by atoms with E-state index < -0.39 is 5.41 Å². The van der Waals surface area contributed by atoms with Gasteiger partial charge in [-0.15, -0.1) is 0 Å². The van der Waals surface area contributed by atoms with Gasteiger partial charge in [-0.3, -0.25) is 9.59 Å². The molecule has 1 aliphatic rings. The van der Waals surface area contributed by atoms with Crippen LogP contribution in [0, 0.1) is 5.82 Å². The van der Waals surface area contributed by atoms with Crippen LogP contribution >= 0.6 is 0 Å². The fourth-order valence-corrected chi connectivity index (χ4v) is 2.86. The van der Waals surface area contributed by atoms with Gasteiger partial charge in [0.05, 0.1) is 5.41 Å². The van der Waals surface area contributed by atoms with E-state index in [0.29, 0.717) is 17.8 Å².